The summed E-state index contributed by atoms with van der Waals surface area (Å²) in [6.07, 6.45) is 7.61. The van der Waals surface area contributed by atoms with Crippen molar-refractivity contribution >= 4 is 15.9 Å². The second kappa shape index (κ2) is 6.91. The van der Waals surface area contributed by atoms with E-state index in [2.05, 4.69) is 44.6 Å². The van der Waals surface area contributed by atoms with Gasteiger partial charge in [0.25, 0.3) is 0 Å². The number of halogens is 1. The zero-order valence-corrected chi connectivity index (χ0v) is 13.0. The van der Waals surface area contributed by atoms with Crippen LogP contribution in [0.3, 0.4) is 0 Å². The van der Waals surface area contributed by atoms with Gasteiger partial charge in [-0.2, -0.15) is 0 Å². The minimum atomic E-state index is 0.219. The van der Waals surface area contributed by atoms with Gasteiger partial charge in [0.2, 0.25) is 0 Å². The molecule has 4 nitrogen and oxygen atoms in total. The summed E-state index contributed by atoms with van der Waals surface area (Å²) in [6, 6.07) is 2.22. The van der Waals surface area contributed by atoms with Gasteiger partial charge in [0.05, 0.1) is 6.26 Å². The van der Waals surface area contributed by atoms with E-state index >= 15 is 0 Å². The molecule has 1 N–H and O–H groups in total. The van der Waals surface area contributed by atoms with E-state index in [1.807, 2.05) is 18.5 Å². The predicted octanol–water partition coefficient (Wildman–Crippen LogP) is 3.54. The Morgan fingerprint density at radius 1 is 1.47 bits per heavy atom. The Morgan fingerprint density at radius 2 is 2.32 bits per heavy atom. The third-order valence-corrected chi connectivity index (χ3v) is 3.77. The normalized spacial score (nSPS) is 12.8. The topological polar surface area (TPSA) is 43.0 Å². The lowest BCUT2D eigenvalue weighted by Gasteiger charge is -2.17. The van der Waals surface area contributed by atoms with Gasteiger partial charge >= 0.3 is 0 Å². The fourth-order valence-electron chi connectivity index (χ4n) is 2.25. The maximum absolute atomic E-state index is 5.34. The molecule has 1 atom stereocenters. The highest BCUT2D eigenvalue weighted by Gasteiger charge is 2.18. The number of aryl methyl sites for hydroxylation is 1. The molecule has 0 bridgehead atoms. The summed E-state index contributed by atoms with van der Waals surface area (Å²) in [4.78, 5) is 4.47. The molecule has 0 amide bonds. The van der Waals surface area contributed by atoms with Crippen molar-refractivity contribution in [1.82, 2.24) is 14.9 Å². The molecule has 0 fully saturated rings. The maximum atomic E-state index is 5.34. The molecule has 104 valence electrons. The monoisotopic (exact) mass is 325 g/mol. The Morgan fingerprint density at radius 3 is 2.95 bits per heavy atom. The summed E-state index contributed by atoms with van der Waals surface area (Å²) in [5, 5.41) is 3.49. The average molecular weight is 326 g/mol. The number of hydrogen-bond acceptors (Lipinski definition) is 3. The number of hydrogen-bond donors (Lipinski definition) is 1. The molecule has 0 spiro atoms. The zero-order chi connectivity index (χ0) is 13.7. The van der Waals surface area contributed by atoms with Crippen LogP contribution in [0.4, 0.5) is 0 Å². The van der Waals surface area contributed by atoms with E-state index in [1.54, 1.807) is 6.26 Å². The molecule has 2 rings (SSSR count). The molecule has 2 aromatic heterocycles. The van der Waals surface area contributed by atoms with Gasteiger partial charge in [0, 0.05) is 37.0 Å². The highest BCUT2D eigenvalue weighted by Crippen LogP contribution is 2.26. The van der Waals surface area contributed by atoms with Crippen molar-refractivity contribution in [1.29, 1.82) is 0 Å². The Balaban J connectivity index is 2.17. The third-order valence-electron chi connectivity index (χ3n) is 3.12. The van der Waals surface area contributed by atoms with Crippen LogP contribution in [0.2, 0.25) is 0 Å². The van der Waals surface area contributed by atoms with E-state index in [0.29, 0.717) is 0 Å². The second-order valence-corrected chi connectivity index (χ2v) is 5.22. The van der Waals surface area contributed by atoms with E-state index in [0.717, 1.165) is 42.0 Å². The first-order chi connectivity index (χ1) is 9.26. The molecule has 0 radical (unpaired) electrons. The van der Waals surface area contributed by atoms with Crippen molar-refractivity contribution in [2.45, 2.75) is 39.3 Å². The Labute approximate surface area is 122 Å². The molecule has 2 heterocycles. The molecule has 1 unspecified atom stereocenters. The highest BCUT2D eigenvalue weighted by molar-refractivity contribution is 9.10. The summed E-state index contributed by atoms with van der Waals surface area (Å²) >= 11 is 3.46. The average Bonchev–Trinajstić information content (AvgIpc) is 2.99. The number of nitrogens with zero attached hydrogens (tertiary/aromatic N) is 2. The SMILES string of the molecule is CCCn1ccnc1CC(NCC)c1ccoc1Br. The van der Waals surface area contributed by atoms with Crippen molar-refractivity contribution in [2.24, 2.45) is 0 Å². The first-order valence-corrected chi connectivity index (χ1v) is 7.51. The largest absolute Gasteiger partial charge is 0.457 e. The molecular weight excluding hydrogens is 306 g/mol. The van der Waals surface area contributed by atoms with Crippen LogP contribution in [0.25, 0.3) is 0 Å². The first-order valence-electron chi connectivity index (χ1n) is 6.72. The summed E-state index contributed by atoms with van der Waals surface area (Å²) in [7, 11) is 0. The van der Waals surface area contributed by atoms with Crippen LogP contribution in [0, 0.1) is 0 Å². The van der Waals surface area contributed by atoms with Crippen LogP contribution in [0.1, 0.15) is 37.7 Å². The molecule has 5 heteroatoms. The summed E-state index contributed by atoms with van der Waals surface area (Å²) in [5.74, 6) is 1.11. The van der Waals surface area contributed by atoms with Crippen molar-refractivity contribution in [2.75, 3.05) is 6.54 Å². The number of nitrogens with one attached hydrogen (secondary N) is 1. The number of likely N-dealkylation sites (N-methyl/N-ethyl adjacent to an activating group) is 1. The Hall–Kier alpha value is -1.07. The number of rotatable bonds is 7. The van der Waals surface area contributed by atoms with Crippen LogP contribution in [-0.4, -0.2) is 16.1 Å². The Kier molecular flexibility index (Phi) is 5.22. The highest BCUT2D eigenvalue weighted by atomic mass is 79.9. The molecule has 0 aliphatic heterocycles. The summed E-state index contributed by atoms with van der Waals surface area (Å²) < 4.78 is 8.36. The fourth-order valence-corrected chi connectivity index (χ4v) is 2.77. The van der Waals surface area contributed by atoms with Crippen LogP contribution in [0.5, 0.6) is 0 Å². The van der Waals surface area contributed by atoms with Gasteiger partial charge in [-0.1, -0.05) is 13.8 Å². The van der Waals surface area contributed by atoms with Crippen molar-refractivity contribution in [3.05, 3.63) is 40.8 Å². The standard InChI is InChI=1S/C14H20BrN3O/c1-3-7-18-8-6-17-13(18)10-12(16-4-2)11-5-9-19-14(11)15/h5-6,8-9,12,16H,3-4,7,10H2,1-2H3. The molecular formula is C14H20BrN3O. The van der Waals surface area contributed by atoms with Crippen molar-refractivity contribution in [3.8, 4) is 0 Å². The van der Waals surface area contributed by atoms with Gasteiger partial charge in [-0.15, -0.1) is 0 Å². The van der Waals surface area contributed by atoms with Crippen LogP contribution in [-0.2, 0) is 13.0 Å². The molecule has 0 saturated carbocycles. The van der Waals surface area contributed by atoms with Gasteiger partial charge in [0.15, 0.2) is 4.67 Å². The van der Waals surface area contributed by atoms with Gasteiger partial charge in [0.1, 0.15) is 5.82 Å². The van der Waals surface area contributed by atoms with Gasteiger partial charge in [-0.05, 0) is 35.0 Å². The number of furan rings is 1. The number of imidazole rings is 1. The van der Waals surface area contributed by atoms with Crippen LogP contribution < -0.4 is 5.32 Å². The molecule has 0 aromatic carbocycles. The van der Waals surface area contributed by atoms with E-state index in [9.17, 15) is 0 Å². The van der Waals surface area contributed by atoms with E-state index < -0.39 is 0 Å². The van der Waals surface area contributed by atoms with Crippen LogP contribution >= 0.6 is 15.9 Å². The molecule has 0 aliphatic carbocycles. The lowest BCUT2D eigenvalue weighted by Crippen LogP contribution is -2.24. The third kappa shape index (κ3) is 3.48. The number of aromatic nitrogens is 2. The van der Waals surface area contributed by atoms with E-state index in [1.165, 1.54) is 0 Å². The van der Waals surface area contributed by atoms with Gasteiger partial charge < -0.3 is 14.3 Å². The van der Waals surface area contributed by atoms with Crippen LogP contribution in [0.15, 0.2) is 33.8 Å². The van der Waals surface area contributed by atoms with E-state index in [4.69, 9.17) is 4.42 Å². The van der Waals surface area contributed by atoms with Crippen molar-refractivity contribution in [3.63, 3.8) is 0 Å². The quantitative estimate of drug-likeness (QED) is 0.846. The lowest BCUT2D eigenvalue weighted by molar-refractivity contribution is 0.491. The Bertz CT molecular complexity index is 506. The summed E-state index contributed by atoms with van der Waals surface area (Å²) in [6.45, 7) is 6.22. The minimum Gasteiger partial charge on any atom is -0.457 e. The van der Waals surface area contributed by atoms with E-state index in [-0.39, 0.29) is 6.04 Å². The second-order valence-electron chi connectivity index (χ2n) is 4.50. The summed E-state index contributed by atoms with van der Waals surface area (Å²) in [5.41, 5.74) is 1.15. The maximum Gasteiger partial charge on any atom is 0.173 e. The smallest absolute Gasteiger partial charge is 0.173 e. The zero-order valence-electron chi connectivity index (χ0n) is 11.4. The van der Waals surface area contributed by atoms with Crippen molar-refractivity contribution < 1.29 is 4.42 Å². The minimum absolute atomic E-state index is 0.219. The molecule has 2 aromatic rings. The fraction of sp³-hybridized carbons (Fsp3) is 0.500. The molecule has 0 aliphatic rings. The lowest BCUT2D eigenvalue weighted by atomic mass is 10.1. The first kappa shape index (κ1) is 14.3. The predicted molar refractivity (Wildman–Crippen MR) is 79.0 cm³/mol. The molecule has 0 saturated heterocycles. The molecule has 19 heavy (non-hydrogen) atoms. The van der Waals surface area contributed by atoms with Gasteiger partial charge in [-0.25, -0.2) is 4.98 Å². The van der Waals surface area contributed by atoms with Gasteiger partial charge in [-0.3, -0.25) is 0 Å².